The van der Waals surface area contributed by atoms with Crippen LogP contribution in [0.2, 0.25) is 0 Å². The molecule has 0 radical (unpaired) electrons. The fourth-order valence-electron chi connectivity index (χ4n) is 2.13. The van der Waals surface area contributed by atoms with E-state index < -0.39 is 10.0 Å². The third-order valence-electron chi connectivity index (χ3n) is 3.29. The van der Waals surface area contributed by atoms with Crippen molar-refractivity contribution in [2.75, 3.05) is 4.72 Å². The van der Waals surface area contributed by atoms with Gasteiger partial charge in [-0.15, -0.1) is 0 Å². The molecule has 0 saturated carbocycles. The predicted octanol–water partition coefficient (Wildman–Crippen LogP) is 3.98. The fourth-order valence-corrected chi connectivity index (χ4v) is 3.29. The van der Waals surface area contributed by atoms with Crippen LogP contribution < -0.4 is 9.46 Å². The highest BCUT2D eigenvalue weighted by molar-refractivity contribution is 7.92. The average molecular weight is 340 g/mol. The average Bonchev–Trinajstić information content (AvgIpc) is 2.57. The van der Waals surface area contributed by atoms with E-state index in [1.165, 1.54) is 0 Å². The zero-order valence-electron chi connectivity index (χ0n) is 13.0. The Labute approximate surface area is 141 Å². The number of hydrogen-bond acceptors (Lipinski definition) is 4. The highest BCUT2D eigenvalue weighted by Crippen LogP contribution is 2.23. The molecule has 3 rings (SSSR count). The van der Waals surface area contributed by atoms with E-state index in [2.05, 4.69) is 9.71 Å². The topological polar surface area (TPSA) is 68.3 Å². The summed E-state index contributed by atoms with van der Waals surface area (Å²) >= 11 is 0. The molecule has 122 valence electrons. The second kappa shape index (κ2) is 6.72. The standard InChI is InChI=1S/C18H16N2O3S/c1-14-3-2-4-18(13-14)24(21,22)20-15-5-7-16(8-6-15)23-17-9-11-19-12-10-17/h2-13,20H,1H3. The summed E-state index contributed by atoms with van der Waals surface area (Å²) < 4.78 is 33.0. The van der Waals surface area contributed by atoms with E-state index in [4.69, 9.17) is 4.74 Å². The molecule has 0 atom stereocenters. The number of sulfonamides is 1. The molecule has 0 unspecified atom stereocenters. The van der Waals surface area contributed by atoms with Crippen molar-refractivity contribution in [2.24, 2.45) is 0 Å². The van der Waals surface area contributed by atoms with Crippen LogP contribution in [0.5, 0.6) is 11.5 Å². The highest BCUT2D eigenvalue weighted by atomic mass is 32.2. The molecule has 0 bridgehead atoms. The maximum atomic E-state index is 12.4. The van der Waals surface area contributed by atoms with Crippen molar-refractivity contribution < 1.29 is 13.2 Å². The van der Waals surface area contributed by atoms with Gasteiger partial charge in [0.1, 0.15) is 11.5 Å². The van der Waals surface area contributed by atoms with Crippen LogP contribution in [0.15, 0.2) is 78.0 Å². The summed E-state index contributed by atoms with van der Waals surface area (Å²) in [7, 11) is -3.61. The Morgan fingerprint density at radius 1 is 0.917 bits per heavy atom. The number of ether oxygens (including phenoxy) is 1. The number of nitrogens with zero attached hydrogens (tertiary/aromatic N) is 1. The Morgan fingerprint density at radius 2 is 1.58 bits per heavy atom. The summed E-state index contributed by atoms with van der Waals surface area (Å²) in [5, 5.41) is 0. The summed E-state index contributed by atoms with van der Waals surface area (Å²) in [6.07, 6.45) is 3.28. The third-order valence-corrected chi connectivity index (χ3v) is 4.67. The van der Waals surface area contributed by atoms with E-state index in [1.54, 1.807) is 67.0 Å². The SMILES string of the molecule is Cc1cccc(S(=O)(=O)Nc2ccc(Oc3ccncc3)cc2)c1. The van der Waals surface area contributed by atoms with Gasteiger partial charge in [0.05, 0.1) is 4.90 Å². The Balaban J connectivity index is 1.74. The molecule has 1 aromatic heterocycles. The number of nitrogens with one attached hydrogen (secondary N) is 1. The van der Waals surface area contributed by atoms with Crippen molar-refractivity contribution >= 4 is 15.7 Å². The van der Waals surface area contributed by atoms with Crippen LogP contribution in [0.1, 0.15) is 5.56 Å². The van der Waals surface area contributed by atoms with Gasteiger partial charge >= 0.3 is 0 Å². The molecule has 24 heavy (non-hydrogen) atoms. The molecule has 1 N–H and O–H groups in total. The Bertz CT molecular complexity index is 924. The predicted molar refractivity (Wildman–Crippen MR) is 92.7 cm³/mol. The maximum Gasteiger partial charge on any atom is 0.261 e. The summed E-state index contributed by atoms with van der Waals surface area (Å²) in [6.45, 7) is 1.85. The molecule has 0 aliphatic carbocycles. The molecule has 2 aromatic carbocycles. The summed E-state index contributed by atoms with van der Waals surface area (Å²) in [4.78, 5) is 4.16. The minimum atomic E-state index is -3.61. The van der Waals surface area contributed by atoms with Crippen molar-refractivity contribution in [3.63, 3.8) is 0 Å². The van der Waals surface area contributed by atoms with Crippen LogP contribution in [-0.4, -0.2) is 13.4 Å². The first kappa shape index (κ1) is 16.0. The number of rotatable bonds is 5. The van der Waals surface area contributed by atoms with Crippen LogP contribution in [0, 0.1) is 6.92 Å². The van der Waals surface area contributed by atoms with E-state index in [9.17, 15) is 8.42 Å². The normalized spacial score (nSPS) is 11.0. The van der Waals surface area contributed by atoms with Gasteiger partial charge in [-0.1, -0.05) is 12.1 Å². The smallest absolute Gasteiger partial charge is 0.261 e. The van der Waals surface area contributed by atoms with Crippen LogP contribution >= 0.6 is 0 Å². The number of benzene rings is 2. The molecule has 3 aromatic rings. The molecule has 0 aliphatic heterocycles. The van der Waals surface area contributed by atoms with E-state index in [1.807, 2.05) is 13.0 Å². The summed E-state index contributed by atoms with van der Waals surface area (Å²) in [5.41, 5.74) is 1.36. The van der Waals surface area contributed by atoms with Gasteiger partial charge < -0.3 is 4.74 Å². The highest BCUT2D eigenvalue weighted by Gasteiger charge is 2.14. The molecule has 0 aliphatic rings. The van der Waals surface area contributed by atoms with Crippen LogP contribution in [-0.2, 0) is 10.0 Å². The van der Waals surface area contributed by atoms with Crippen molar-refractivity contribution in [3.8, 4) is 11.5 Å². The van der Waals surface area contributed by atoms with Crippen molar-refractivity contribution in [1.82, 2.24) is 4.98 Å². The number of pyridine rings is 1. The molecule has 6 heteroatoms. The molecule has 0 fully saturated rings. The molecule has 0 spiro atoms. The Hall–Kier alpha value is -2.86. The van der Waals surface area contributed by atoms with Gasteiger partial charge in [-0.05, 0) is 61.0 Å². The second-order valence-electron chi connectivity index (χ2n) is 5.23. The molecule has 0 saturated heterocycles. The van der Waals surface area contributed by atoms with Gasteiger partial charge in [-0.2, -0.15) is 0 Å². The molecular formula is C18H16N2O3S. The molecule has 5 nitrogen and oxygen atoms in total. The Morgan fingerprint density at radius 3 is 2.25 bits per heavy atom. The first-order valence-corrected chi connectivity index (χ1v) is 8.79. The lowest BCUT2D eigenvalue weighted by molar-refractivity contribution is 0.482. The lowest BCUT2D eigenvalue weighted by Crippen LogP contribution is -2.12. The first-order chi connectivity index (χ1) is 11.5. The largest absolute Gasteiger partial charge is 0.457 e. The van der Waals surface area contributed by atoms with Crippen LogP contribution in [0.25, 0.3) is 0 Å². The van der Waals surface area contributed by atoms with Gasteiger partial charge in [0, 0.05) is 18.1 Å². The van der Waals surface area contributed by atoms with Gasteiger partial charge in [0.2, 0.25) is 0 Å². The van der Waals surface area contributed by atoms with Crippen LogP contribution in [0.3, 0.4) is 0 Å². The van der Waals surface area contributed by atoms with Gasteiger partial charge in [0.15, 0.2) is 0 Å². The second-order valence-corrected chi connectivity index (χ2v) is 6.91. The van der Waals surface area contributed by atoms with E-state index in [-0.39, 0.29) is 4.90 Å². The van der Waals surface area contributed by atoms with E-state index >= 15 is 0 Å². The molecular weight excluding hydrogens is 324 g/mol. The third kappa shape index (κ3) is 3.91. The van der Waals surface area contributed by atoms with Crippen molar-refractivity contribution in [2.45, 2.75) is 11.8 Å². The number of aromatic nitrogens is 1. The van der Waals surface area contributed by atoms with Crippen LogP contribution in [0.4, 0.5) is 5.69 Å². The minimum Gasteiger partial charge on any atom is -0.457 e. The zero-order chi connectivity index (χ0) is 17.0. The molecule has 0 amide bonds. The van der Waals surface area contributed by atoms with E-state index in [0.29, 0.717) is 17.2 Å². The Kier molecular flexibility index (Phi) is 4.48. The fraction of sp³-hybridized carbons (Fsp3) is 0.0556. The monoisotopic (exact) mass is 340 g/mol. The first-order valence-electron chi connectivity index (χ1n) is 7.30. The van der Waals surface area contributed by atoms with Crippen molar-refractivity contribution in [3.05, 3.63) is 78.6 Å². The number of aryl methyl sites for hydroxylation is 1. The molecule has 1 heterocycles. The summed E-state index contributed by atoms with van der Waals surface area (Å²) in [6, 6.07) is 17.0. The van der Waals surface area contributed by atoms with Crippen molar-refractivity contribution in [1.29, 1.82) is 0 Å². The van der Waals surface area contributed by atoms with Gasteiger partial charge in [-0.3, -0.25) is 9.71 Å². The van der Waals surface area contributed by atoms with Gasteiger partial charge in [-0.25, -0.2) is 8.42 Å². The minimum absolute atomic E-state index is 0.236. The maximum absolute atomic E-state index is 12.4. The number of hydrogen-bond donors (Lipinski definition) is 1. The number of anilines is 1. The lowest BCUT2D eigenvalue weighted by Gasteiger charge is -2.10. The summed E-state index contributed by atoms with van der Waals surface area (Å²) in [5.74, 6) is 1.28. The lowest BCUT2D eigenvalue weighted by atomic mass is 10.2. The van der Waals surface area contributed by atoms with Gasteiger partial charge in [0.25, 0.3) is 10.0 Å². The zero-order valence-corrected chi connectivity index (χ0v) is 13.8. The quantitative estimate of drug-likeness (QED) is 0.763. The van der Waals surface area contributed by atoms with E-state index in [0.717, 1.165) is 5.56 Å².